The van der Waals surface area contributed by atoms with Gasteiger partial charge in [0.25, 0.3) is 0 Å². The van der Waals surface area contributed by atoms with Gasteiger partial charge in [0.05, 0.1) is 12.1 Å². The molecule has 2 heterocycles. The van der Waals surface area contributed by atoms with E-state index in [9.17, 15) is 4.79 Å². The van der Waals surface area contributed by atoms with Gasteiger partial charge in [0, 0.05) is 24.6 Å². The standard InChI is InChI=1S/C12H18N2O2/c1-12(2,7-11(15)16)9-8-14-6-4-3-5-10(14)13-9/h8H,3-7H2,1-2H3,(H,15,16). The average Bonchev–Trinajstić information content (AvgIpc) is 2.59. The van der Waals surface area contributed by atoms with Gasteiger partial charge in [0.1, 0.15) is 5.82 Å². The van der Waals surface area contributed by atoms with Gasteiger partial charge in [-0.1, -0.05) is 13.8 Å². The molecule has 4 heteroatoms. The van der Waals surface area contributed by atoms with Crippen LogP contribution in [-0.4, -0.2) is 20.6 Å². The molecule has 0 saturated heterocycles. The molecule has 1 aliphatic rings. The Morgan fingerprint density at radius 1 is 1.56 bits per heavy atom. The monoisotopic (exact) mass is 222 g/mol. The van der Waals surface area contributed by atoms with Crippen LogP contribution in [-0.2, 0) is 23.2 Å². The SMILES string of the molecule is CC(C)(CC(=O)O)c1cn2c(n1)CCCC2. The van der Waals surface area contributed by atoms with Crippen molar-refractivity contribution in [3.63, 3.8) is 0 Å². The quantitative estimate of drug-likeness (QED) is 0.850. The van der Waals surface area contributed by atoms with Crippen LogP contribution in [0.2, 0.25) is 0 Å². The summed E-state index contributed by atoms with van der Waals surface area (Å²) in [5, 5.41) is 8.88. The number of hydrogen-bond acceptors (Lipinski definition) is 2. The second-order valence-corrected chi connectivity index (χ2v) is 5.15. The van der Waals surface area contributed by atoms with Gasteiger partial charge in [-0.05, 0) is 12.8 Å². The van der Waals surface area contributed by atoms with Crippen LogP contribution in [0.4, 0.5) is 0 Å². The average molecular weight is 222 g/mol. The number of carboxylic acid groups (broad SMARTS) is 1. The van der Waals surface area contributed by atoms with Gasteiger partial charge in [-0.2, -0.15) is 0 Å². The molecule has 88 valence electrons. The van der Waals surface area contributed by atoms with E-state index in [1.54, 1.807) is 0 Å². The molecule has 4 nitrogen and oxygen atoms in total. The van der Waals surface area contributed by atoms with Crippen molar-refractivity contribution in [3.05, 3.63) is 17.7 Å². The van der Waals surface area contributed by atoms with E-state index in [1.807, 2.05) is 20.0 Å². The van der Waals surface area contributed by atoms with Gasteiger partial charge >= 0.3 is 5.97 Å². The Balaban J connectivity index is 2.26. The van der Waals surface area contributed by atoms with Crippen molar-refractivity contribution in [2.24, 2.45) is 0 Å². The van der Waals surface area contributed by atoms with Gasteiger partial charge in [-0.15, -0.1) is 0 Å². The second-order valence-electron chi connectivity index (χ2n) is 5.15. The molecule has 0 unspecified atom stereocenters. The Hall–Kier alpha value is -1.32. The molecule has 0 radical (unpaired) electrons. The molecule has 1 aliphatic heterocycles. The molecule has 2 rings (SSSR count). The highest BCUT2D eigenvalue weighted by Crippen LogP contribution is 2.27. The number of fused-ring (bicyclic) bond motifs is 1. The molecule has 0 atom stereocenters. The Morgan fingerprint density at radius 3 is 2.94 bits per heavy atom. The number of hydrogen-bond donors (Lipinski definition) is 1. The van der Waals surface area contributed by atoms with Crippen molar-refractivity contribution in [1.82, 2.24) is 9.55 Å². The van der Waals surface area contributed by atoms with Crippen LogP contribution in [0.5, 0.6) is 0 Å². The minimum Gasteiger partial charge on any atom is -0.481 e. The van der Waals surface area contributed by atoms with E-state index in [0.29, 0.717) is 0 Å². The highest BCUT2D eigenvalue weighted by atomic mass is 16.4. The number of aromatic nitrogens is 2. The summed E-state index contributed by atoms with van der Waals surface area (Å²) in [5.74, 6) is 0.343. The summed E-state index contributed by atoms with van der Waals surface area (Å²) in [7, 11) is 0. The van der Waals surface area contributed by atoms with Crippen LogP contribution in [0.1, 0.15) is 44.6 Å². The van der Waals surface area contributed by atoms with E-state index in [1.165, 1.54) is 12.8 Å². The number of aliphatic carboxylic acids is 1. The van der Waals surface area contributed by atoms with Crippen LogP contribution >= 0.6 is 0 Å². The molecule has 16 heavy (non-hydrogen) atoms. The number of carboxylic acids is 1. The molecule has 1 aromatic rings. The number of imidazole rings is 1. The van der Waals surface area contributed by atoms with Crippen LogP contribution in [0.15, 0.2) is 6.20 Å². The van der Waals surface area contributed by atoms with Gasteiger partial charge in [0.2, 0.25) is 0 Å². The fourth-order valence-corrected chi connectivity index (χ4v) is 2.21. The topological polar surface area (TPSA) is 55.1 Å². The maximum Gasteiger partial charge on any atom is 0.304 e. The smallest absolute Gasteiger partial charge is 0.304 e. The summed E-state index contributed by atoms with van der Waals surface area (Å²) in [5.41, 5.74) is 0.530. The van der Waals surface area contributed by atoms with Crippen LogP contribution in [0.25, 0.3) is 0 Å². The highest BCUT2D eigenvalue weighted by Gasteiger charge is 2.28. The number of aryl methyl sites for hydroxylation is 2. The Morgan fingerprint density at radius 2 is 2.31 bits per heavy atom. The summed E-state index contributed by atoms with van der Waals surface area (Å²) in [6.07, 6.45) is 5.56. The van der Waals surface area contributed by atoms with Crippen molar-refractivity contribution < 1.29 is 9.90 Å². The fourth-order valence-electron chi connectivity index (χ4n) is 2.21. The van der Waals surface area contributed by atoms with Crippen molar-refractivity contribution in [2.45, 2.75) is 51.5 Å². The Labute approximate surface area is 95.3 Å². The van der Waals surface area contributed by atoms with Crippen molar-refractivity contribution in [3.8, 4) is 0 Å². The van der Waals surface area contributed by atoms with E-state index in [2.05, 4.69) is 9.55 Å². The van der Waals surface area contributed by atoms with Crippen LogP contribution < -0.4 is 0 Å². The lowest BCUT2D eigenvalue weighted by Gasteiger charge is -2.19. The first-order valence-electron chi connectivity index (χ1n) is 5.77. The van der Waals surface area contributed by atoms with Gasteiger partial charge in [-0.3, -0.25) is 4.79 Å². The van der Waals surface area contributed by atoms with Crippen molar-refractivity contribution in [2.75, 3.05) is 0 Å². The van der Waals surface area contributed by atoms with Gasteiger partial charge in [-0.25, -0.2) is 4.98 Å². The molecule has 0 amide bonds. The largest absolute Gasteiger partial charge is 0.481 e. The van der Waals surface area contributed by atoms with E-state index in [-0.39, 0.29) is 11.8 Å². The highest BCUT2D eigenvalue weighted by molar-refractivity contribution is 5.68. The molecule has 1 aromatic heterocycles. The number of nitrogens with zero attached hydrogens (tertiary/aromatic N) is 2. The zero-order valence-electron chi connectivity index (χ0n) is 9.86. The third-order valence-electron chi connectivity index (χ3n) is 3.20. The first kappa shape index (κ1) is 11.2. The van der Waals surface area contributed by atoms with Gasteiger partial charge in [0.15, 0.2) is 0 Å². The molecule has 1 N–H and O–H groups in total. The van der Waals surface area contributed by atoms with Gasteiger partial charge < -0.3 is 9.67 Å². The fraction of sp³-hybridized carbons (Fsp3) is 0.667. The van der Waals surface area contributed by atoms with Crippen molar-refractivity contribution >= 4 is 5.97 Å². The van der Waals surface area contributed by atoms with E-state index in [0.717, 1.165) is 24.5 Å². The zero-order valence-corrected chi connectivity index (χ0v) is 9.86. The van der Waals surface area contributed by atoms with Crippen LogP contribution in [0, 0.1) is 0 Å². The molecular formula is C12H18N2O2. The van der Waals surface area contributed by atoms with E-state index >= 15 is 0 Å². The molecule has 0 fully saturated rings. The molecule has 0 saturated carbocycles. The van der Waals surface area contributed by atoms with Crippen molar-refractivity contribution in [1.29, 1.82) is 0 Å². The summed E-state index contributed by atoms with van der Waals surface area (Å²) < 4.78 is 2.17. The van der Waals surface area contributed by atoms with Crippen LogP contribution in [0.3, 0.4) is 0 Å². The first-order valence-corrected chi connectivity index (χ1v) is 5.77. The van der Waals surface area contributed by atoms with E-state index in [4.69, 9.17) is 5.11 Å². The second kappa shape index (κ2) is 3.92. The summed E-state index contributed by atoms with van der Waals surface area (Å²) in [6.45, 7) is 4.90. The molecular weight excluding hydrogens is 204 g/mol. The maximum atomic E-state index is 10.8. The number of rotatable bonds is 3. The lowest BCUT2D eigenvalue weighted by atomic mass is 9.86. The summed E-state index contributed by atoms with van der Waals surface area (Å²) >= 11 is 0. The maximum absolute atomic E-state index is 10.8. The first-order chi connectivity index (χ1) is 7.49. The molecule has 0 bridgehead atoms. The molecule has 0 spiro atoms. The normalized spacial score (nSPS) is 15.9. The Bertz CT molecular complexity index is 384. The van der Waals surface area contributed by atoms with E-state index < -0.39 is 5.97 Å². The zero-order chi connectivity index (χ0) is 11.8. The lowest BCUT2D eigenvalue weighted by Crippen LogP contribution is -2.22. The third kappa shape index (κ3) is 2.10. The summed E-state index contributed by atoms with van der Waals surface area (Å²) in [6, 6.07) is 0. The third-order valence-corrected chi connectivity index (χ3v) is 3.20. The predicted octanol–water partition coefficient (Wildman–Crippen LogP) is 1.97. The lowest BCUT2D eigenvalue weighted by molar-refractivity contribution is -0.138. The minimum atomic E-state index is -0.768. The Kier molecular flexibility index (Phi) is 2.74. The summed E-state index contributed by atoms with van der Waals surface area (Å²) in [4.78, 5) is 15.4. The minimum absolute atomic E-state index is 0.128. The predicted molar refractivity (Wildman–Crippen MR) is 60.4 cm³/mol. The number of carbonyl (C=O) groups is 1. The molecule has 0 aliphatic carbocycles. The molecule has 0 aromatic carbocycles.